The number of fused-ring (bicyclic) bond motifs is 2. The SMILES string of the molecule is [O-][S+](N[C@H]1CCC[C@@H](N2c3ccccc3CCc3ccccc32)C1)c1ccc(C(F)(F)C(F)(F)F)cc1. The van der Waals surface area contributed by atoms with E-state index in [1.165, 1.54) is 22.5 Å². The lowest BCUT2D eigenvalue weighted by Gasteiger charge is -2.39. The molecular weight excluding hydrogens is 507 g/mol. The monoisotopic (exact) mass is 534 g/mol. The van der Waals surface area contributed by atoms with E-state index >= 15 is 0 Å². The molecule has 1 aliphatic heterocycles. The van der Waals surface area contributed by atoms with Gasteiger partial charge in [0.05, 0.1) is 17.4 Å². The van der Waals surface area contributed by atoms with Crippen LogP contribution in [0.3, 0.4) is 0 Å². The summed E-state index contributed by atoms with van der Waals surface area (Å²) < 4.78 is 81.3. The van der Waals surface area contributed by atoms with E-state index in [4.69, 9.17) is 0 Å². The van der Waals surface area contributed by atoms with E-state index in [0.717, 1.165) is 50.7 Å². The van der Waals surface area contributed by atoms with Crippen molar-refractivity contribution in [1.82, 2.24) is 4.72 Å². The van der Waals surface area contributed by atoms with Gasteiger partial charge in [0.15, 0.2) is 4.90 Å². The molecule has 1 heterocycles. The highest BCUT2D eigenvalue weighted by molar-refractivity contribution is 7.89. The van der Waals surface area contributed by atoms with Crippen molar-refractivity contribution in [3.05, 3.63) is 89.5 Å². The summed E-state index contributed by atoms with van der Waals surface area (Å²) in [7, 11) is 0. The van der Waals surface area contributed by atoms with E-state index in [2.05, 4.69) is 46.0 Å². The third-order valence-electron chi connectivity index (χ3n) is 7.24. The number of hydrogen-bond donors (Lipinski definition) is 1. The lowest BCUT2D eigenvalue weighted by atomic mass is 9.89. The Kier molecular flexibility index (Phi) is 7.22. The van der Waals surface area contributed by atoms with Crippen molar-refractivity contribution < 1.29 is 26.5 Å². The first-order valence-corrected chi connectivity index (χ1v) is 13.5. The minimum atomic E-state index is -5.69. The molecule has 0 aromatic heterocycles. The van der Waals surface area contributed by atoms with Crippen molar-refractivity contribution in [2.45, 2.75) is 67.6 Å². The predicted molar refractivity (Wildman–Crippen MR) is 134 cm³/mol. The molecule has 3 nitrogen and oxygen atoms in total. The molecule has 3 aromatic rings. The molecule has 1 N–H and O–H groups in total. The second-order valence-electron chi connectivity index (χ2n) is 9.63. The van der Waals surface area contributed by atoms with Gasteiger partial charge in [0.25, 0.3) is 0 Å². The second-order valence-corrected chi connectivity index (χ2v) is 10.9. The third-order valence-corrected chi connectivity index (χ3v) is 8.49. The Morgan fingerprint density at radius 1 is 0.784 bits per heavy atom. The van der Waals surface area contributed by atoms with Gasteiger partial charge >= 0.3 is 12.1 Å². The standard InChI is InChI=1S/C28H27F5N2OS/c29-27(30,28(31,32)33)21-14-16-24(17-15-21)37(36)34-22-8-5-9-23(18-22)35-25-10-3-1-6-19(25)12-13-20-7-2-4-11-26(20)35/h1-4,6-7,10-11,14-17,22-23,34H,5,8-9,12-13,18H2/t22-,23+,37?/m0/s1. The van der Waals surface area contributed by atoms with Crippen molar-refractivity contribution in [3.63, 3.8) is 0 Å². The third kappa shape index (κ3) is 5.22. The van der Waals surface area contributed by atoms with Gasteiger partial charge in [-0.25, -0.2) is 0 Å². The number of hydrogen-bond acceptors (Lipinski definition) is 3. The van der Waals surface area contributed by atoms with E-state index in [-0.39, 0.29) is 17.0 Å². The molecule has 0 bridgehead atoms. The molecule has 3 aromatic carbocycles. The number of para-hydroxylation sites is 2. The molecule has 196 valence electrons. The van der Waals surface area contributed by atoms with Crippen molar-refractivity contribution in [3.8, 4) is 0 Å². The van der Waals surface area contributed by atoms with Crippen LogP contribution in [0, 0.1) is 0 Å². The lowest BCUT2D eigenvalue weighted by molar-refractivity contribution is -0.289. The van der Waals surface area contributed by atoms with Crippen molar-refractivity contribution in [2.75, 3.05) is 4.90 Å². The fourth-order valence-electron chi connectivity index (χ4n) is 5.38. The Balaban J connectivity index is 1.33. The van der Waals surface area contributed by atoms with Gasteiger partial charge in [-0.15, -0.1) is 4.72 Å². The maximum atomic E-state index is 13.6. The Morgan fingerprint density at radius 3 is 1.92 bits per heavy atom. The second kappa shape index (κ2) is 10.3. The van der Waals surface area contributed by atoms with Crippen LogP contribution in [0.1, 0.15) is 42.4 Å². The summed E-state index contributed by atoms with van der Waals surface area (Å²) in [6.07, 6.45) is -0.390. The first-order chi connectivity index (χ1) is 17.6. The highest BCUT2D eigenvalue weighted by Gasteiger charge is 2.58. The van der Waals surface area contributed by atoms with Crippen LogP contribution >= 0.6 is 0 Å². The van der Waals surface area contributed by atoms with Crippen molar-refractivity contribution >= 4 is 22.7 Å². The highest BCUT2D eigenvalue weighted by Crippen LogP contribution is 2.44. The van der Waals surface area contributed by atoms with Crippen LogP contribution in [0.15, 0.2) is 77.7 Å². The zero-order valence-corrected chi connectivity index (χ0v) is 20.8. The highest BCUT2D eigenvalue weighted by atomic mass is 32.2. The maximum absolute atomic E-state index is 13.6. The summed E-state index contributed by atoms with van der Waals surface area (Å²) in [4.78, 5) is 2.57. The van der Waals surface area contributed by atoms with E-state index < -0.39 is 29.0 Å². The van der Waals surface area contributed by atoms with Crippen LogP contribution in [-0.2, 0) is 30.1 Å². The number of halogens is 5. The molecule has 2 aliphatic rings. The molecule has 37 heavy (non-hydrogen) atoms. The number of benzene rings is 3. The Hall–Kier alpha value is -2.62. The summed E-state index contributed by atoms with van der Waals surface area (Å²) in [6, 6.07) is 20.4. The van der Waals surface area contributed by atoms with Crippen LogP contribution in [0.2, 0.25) is 0 Å². The van der Waals surface area contributed by atoms with Crippen molar-refractivity contribution in [2.24, 2.45) is 0 Å². The molecule has 3 atom stereocenters. The number of alkyl halides is 5. The minimum absolute atomic E-state index is 0.0987. The molecule has 0 spiro atoms. The molecule has 0 amide bonds. The molecule has 1 aliphatic carbocycles. The van der Waals surface area contributed by atoms with Gasteiger partial charge in [-0.3, -0.25) is 0 Å². The van der Waals surface area contributed by atoms with E-state index in [0.29, 0.717) is 12.1 Å². The molecule has 1 unspecified atom stereocenters. The summed E-state index contributed by atoms with van der Waals surface area (Å²) in [5.41, 5.74) is 3.76. The van der Waals surface area contributed by atoms with Gasteiger partial charge in [-0.05, 0) is 86.1 Å². The number of nitrogens with zero attached hydrogens (tertiary/aromatic N) is 1. The zero-order valence-electron chi connectivity index (χ0n) is 20.0. The summed E-state index contributed by atoms with van der Waals surface area (Å²) in [5, 5.41) is 0. The molecule has 5 rings (SSSR count). The Labute approximate surface area is 216 Å². The molecule has 1 fully saturated rings. The van der Waals surface area contributed by atoms with Gasteiger partial charge in [-0.1, -0.05) is 36.4 Å². The lowest BCUT2D eigenvalue weighted by Crippen LogP contribution is -2.44. The van der Waals surface area contributed by atoms with Crippen LogP contribution in [0.4, 0.5) is 33.3 Å². The fraction of sp³-hybridized carbons (Fsp3) is 0.357. The molecular formula is C28H27F5N2OS. The first kappa shape index (κ1) is 26.0. The van der Waals surface area contributed by atoms with Gasteiger partial charge in [-0.2, -0.15) is 22.0 Å². The zero-order chi connectivity index (χ0) is 26.2. The average Bonchev–Trinajstić information content (AvgIpc) is 3.05. The largest absolute Gasteiger partial charge is 0.593 e. The Morgan fingerprint density at radius 2 is 1.35 bits per heavy atom. The quantitative estimate of drug-likeness (QED) is 0.278. The average molecular weight is 535 g/mol. The molecule has 0 saturated heterocycles. The number of anilines is 2. The summed E-state index contributed by atoms with van der Waals surface area (Å²) in [5.74, 6) is -4.96. The maximum Gasteiger partial charge on any atom is 0.458 e. The molecule has 9 heteroatoms. The fourth-order valence-corrected chi connectivity index (χ4v) is 6.42. The van der Waals surface area contributed by atoms with E-state index in [1.807, 2.05) is 12.1 Å². The number of nitrogens with one attached hydrogen (secondary N) is 1. The van der Waals surface area contributed by atoms with E-state index in [1.54, 1.807) is 0 Å². The number of aryl methyl sites for hydroxylation is 2. The Bertz CT molecular complexity index is 1190. The minimum Gasteiger partial charge on any atom is -0.593 e. The topological polar surface area (TPSA) is 38.3 Å². The summed E-state index contributed by atoms with van der Waals surface area (Å²) >= 11 is -1.75. The van der Waals surface area contributed by atoms with Crippen LogP contribution in [0.25, 0.3) is 0 Å². The van der Waals surface area contributed by atoms with Crippen LogP contribution in [0.5, 0.6) is 0 Å². The predicted octanol–water partition coefficient (Wildman–Crippen LogP) is 7.20. The smallest absolute Gasteiger partial charge is 0.458 e. The normalized spacial score (nSPS) is 21.1. The molecule has 0 radical (unpaired) electrons. The first-order valence-electron chi connectivity index (χ1n) is 12.3. The van der Waals surface area contributed by atoms with Gasteiger partial charge in [0, 0.05) is 23.0 Å². The van der Waals surface area contributed by atoms with Crippen LogP contribution in [-0.4, -0.2) is 22.8 Å². The summed E-state index contributed by atoms with van der Waals surface area (Å²) in [6.45, 7) is 0. The van der Waals surface area contributed by atoms with Crippen LogP contribution < -0.4 is 9.62 Å². The van der Waals surface area contributed by atoms with Gasteiger partial charge < -0.3 is 9.45 Å². The number of rotatable bonds is 5. The van der Waals surface area contributed by atoms with Crippen molar-refractivity contribution in [1.29, 1.82) is 0 Å². The van der Waals surface area contributed by atoms with E-state index in [9.17, 15) is 26.5 Å². The molecule has 1 saturated carbocycles. The van der Waals surface area contributed by atoms with Gasteiger partial charge in [0.2, 0.25) is 0 Å². The van der Waals surface area contributed by atoms with Gasteiger partial charge in [0.1, 0.15) is 0 Å².